The van der Waals surface area contributed by atoms with Crippen molar-refractivity contribution in [2.45, 2.75) is 19.4 Å². The van der Waals surface area contributed by atoms with Crippen molar-refractivity contribution < 1.29 is 13.2 Å². The van der Waals surface area contributed by atoms with Gasteiger partial charge in [0.05, 0.1) is 11.8 Å². The van der Waals surface area contributed by atoms with E-state index >= 15 is 0 Å². The maximum Gasteiger partial charge on any atom is 0.214 e. The van der Waals surface area contributed by atoms with E-state index in [9.17, 15) is 8.42 Å². The molecule has 7 nitrogen and oxygen atoms in total. The Kier molecular flexibility index (Phi) is 6.18. The molecule has 1 aliphatic rings. The van der Waals surface area contributed by atoms with Gasteiger partial charge in [0.2, 0.25) is 10.0 Å². The van der Waals surface area contributed by atoms with E-state index in [1.54, 1.807) is 7.11 Å². The van der Waals surface area contributed by atoms with Crippen LogP contribution < -0.4 is 5.73 Å². The summed E-state index contributed by atoms with van der Waals surface area (Å²) in [5, 5.41) is 7.41. The summed E-state index contributed by atoms with van der Waals surface area (Å²) in [6, 6.07) is -0.127. The normalized spacial score (nSPS) is 20.3. The maximum atomic E-state index is 12.1. The van der Waals surface area contributed by atoms with Gasteiger partial charge in [-0.2, -0.15) is 4.31 Å². The highest BCUT2D eigenvalue weighted by molar-refractivity contribution is 7.89. The summed E-state index contributed by atoms with van der Waals surface area (Å²) < 4.78 is 30.5. The number of sulfonamides is 1. The van der Waals surface area contributed by atoms with E-state index in [1.807, 2.05) is 11.8 Å². The summed E-state index contributed by atoms with van der Waals surface area (Å²) in [7, 11) is -1.62. The second kappa shape index (κ2) is 7.18. The van der Waals surface area contributed by atoms with Crippen LogP contribution in [0.15, 0.2) is 0 Å². The third-order valence-electron chi connectivity index (χ3n) is 3.42. The molecule has 0 aromatic heterocycles. The van der Waals surface area contributed by atoms with Gasteiger partial charge in [-0.05, 0) is 13.3 Å². The van der Waals surface area contributed by atoms with E-state index in [2.05, 4.69) is 0 Å². The number of rotatable bonds is 7. The van der Waals surface area contributed by atoms with Gasteiger partial charge in [0.15, 0.2) is 0 Å². The van der Waals surface area contributed by atoms with Crippen molar-refractivity contribution in [1.29, 1.82) is 5.41 Å². The van der Waals surface area contributed by atoms with Gasteiger partial charge in [0, 0.05) is 39.9 Å². The summed E-state index contributed by atoms with van der Waals surface area (Å²) in [5.74, 6) is 0.250. The van der Waals surface area contributed by atoms with Crippen molar-refractivity contribution in [1.82, 2.24) is 9.21 Å². The van der Waals surface area contributed by atoms with Crippen LogP contribution in [0, 0.1) is 5.41 Å². The van der Waals surface area contributed by atoms with Crippen LogP contribution >= 0.6 is 0 Å². The molecule has 1 heterocycles. The molecule has 1 saturated heterocycles. The standard InChI is InChI=1S/C11H24N4O3S/c1-10(11(12)13)14-4-6-15(7-5-14)19(16,17)9-3-8-18-2/h10H,3-9H2,1-2H3,(H3,12,13). The van der Waals surface area contributed by atoms with Gasteiger partial charge < -0.3 is 10.5 Å². The Morgan fingerprint density at radius 1 is 1.37 bits per heavy atom. The van der Waals surface area contributed by atoms with Crippen LogP contribution in [-0.4, -0.2) is 75.1 Å². The van der Waals surface area contributed by atoms with Crippen molar-refractivity contribution in [2.75, 3.05) is 45.6 Å². The zero-order chi connectivity index (χ0) is 14.5. The lowest BCUT2D eigenvalue weighted by molar-refractivity contribution is 0.172. The van der Waals surface area contributed by atoms with Gasteiger partial charge >= 0.3 is 0 Å². The van der Waals surface area contributed by atoms with Crippen LogP contribution in [0.2, 0.25) is 0 Å². The fraction of sp³-hybridized carbons (Fsp3) is 0.909. The van der Waals surface area contributed by atoms with Gasteiger partial charge in [-0.3, -0.25) is 10.3 Å². The van der Waals surface area contributed by atoms with Crippen molar-refractivity contribution in [2.24, 2.45) is 5.73 Å². The molecule has 3 N–H and O–H groups in total. The number of amidine groups is 1. The van der Waals surface area contributed by atoms with Gasteiger partial charge in [-0.25, -0.2) is 8.42 Å². The number of ether oxygens (including phenoxy) is 1. The van der Waals surface area contributed by atoms with E-state index in [-0.39, 0.29) is 17.6 Å². The van der Waals surface area contributed by atoms with Gasteiger partial charge in [-0.1, -0.05) is 0 Å². The first kappa shape index (κ1) is 16.4. The molecule has 19 heavy (non-hydrogen) atoms. The summed E-state index contributed by atoms with van der Waals surface area (Å²) >= 11 is 0. The minimum absolute atomic E-state index is 0.122. The summed E-state index contributed by atoms with van der Waals surface area (Å²) in [5.41, 5.74) is 5.46. The van der Waals surface area contributed by atoms with Gasteiger partial charge in [0.25, 0.3) is 0 Å². The molecule has 1 unspecified atom stereocenters. The fourth-order valence-corrected chi connectivity index (χ4v) is 3.54. The van der Waals surface area contributed by atoms with Crippen molar-refractivity contribution in [3.05, 3.63) is 0 Å². The molecular formula is C11H24N4O3S. The predicted molar refractivity (Wildman–Crippen MR) is 74.8 cm³/mol. The molecule has 0 aromatic rings. The molecule has 0 amide bonds. The monoisotopic (exact) mass is 292 g/mol. The van der Waals surface area contributed by atoms with Crippen LogP contribution in [0.4, 0.5) is 0 Å². The fourth-order valence-electron chi connectivity index (χ4n) is 2.08. The molecule has 8 heteroatoms. The van der Waals surface area contributed by atoms with Crippen LogP contribution in [-0.2, 0) is 14.8 Å². The predicted octanol–water partition coefficient (Wildman–Crippen LogP) is -0.705. The SMILES string of the molecule is COCCCS(=O)(=O)N1CCN(C(C)C(=N)N)CC1. The summed E-state index contributed by atoms with van der Waals surface area (Å²) in [6.45, 7) is 4.49. The lowest BCUT2D eigenvalue weighted by atomic mass is 10.2. The van der Waals surface area contributed by atoms with Crippen LogP contribution in [0.1, 0.15) is 13.3 Å². The number of methoxy groups -OCH3 is 1. The Morgan fingerprint density at radius 3 is 2.42 bits per heavy atom. The third-order valence-corrected chi connectivity index (χ3v) is 5.37. The van der Waals surface area contributed by atoms with Crippen LogP contribution in [0.25, 0.3) is 0 Å². The average molecular weight is 292 g/mol. The third kappa shape index (κ3) is 4.72. The average Bonchev–Trinajstić information content (AvgIpc) is 2.38. The second-order valence-corrected chi connectivity index (χ2v) is 6.82. The lowest BCUT2D eigenvalue weighted by Crippen LogP contribution is -2.54. The summed E-state index contributed by atoms with van der Waals surface area (Å²) in [4.78, 5) is 2.03. The Morgan fingerprint density at radius 2 is 1.95 bits per heavy atom. The zero-order valence-electron chi connectivity index (χ0n) is 11.6. The van der Waals surface area contributed by atoms with Gasteiger partial charge in [-0.15, -0.1) is 0 Å². The zero-order valence-corrected chi connectivity index (χ0v) is 12.4. The Labute approximate surface area is 115 Å². The minimum Gasteiger partial charge on any atom is -0.386 e. The molecule has 1 atom stereocenters. The molecule has 0 bridgehead atoms. The van der Waals surface area contributed by atoms with Crippen molar-refractivity contribution in [3.63, 3.8) is 0 Å². The highest BCUT2D eigenvalue weighted by atomic mass is 32.2. The number of hydrogen-bond acceptors (Lipinski definition) is 5. The topological polar surface area (TPSA) is 99.7 Å². The molecule has 1 rings (SSSR count). The van der Waals surface area contributed by atoms with Crippen LogP contribution in [0.5, 0.6) is 0 Å². The molecule has 0 aromatic carbocycles. The van der Waals surface area contributed by atoms with Gasteiger partial charge in [0.1, 0.15) is 5.84 Å². The highest BCUT2D eigenvalue weighted by Gasteiger charge is 2.28. The highest BCUT2D eigenvalue weighted by Crippen LogP contribution is 2.11. The Hall–Kier alpha value is -0.700. The van der Waals surface area contributed by atoms with E-state index in [4.69, 9.17) is 15.9 Å². The minimum atomic E-state index is -3.18. The van der Waals surface area contributed by atoms with Crippen molar-refractivity contribution >= 4 is 15.9 Å². The lowest BCUT2D eigenvalue weighted by Gasteiger charge is -2.36. The molecule has 0 aliphatic carbocycles. The molecule has 0 spiro atoms. The number of nitrogens with one attached hydrogen (secondary N) is 1. The maximum absolute atomic E-state index is 12.1. The van der Waals surface area contributed by atoms with E-state index in [0.29, 0.717) is 39.2 Å². The summed E-state index contributed by atoms with van der Waals surface area (Å²) in [6.07, 6.45) is 0.517. The Bertz CT molecular complexity index is 391. The molecule has 1 fully saturated rings. The second-order valence-electron chi connectivity index (χ2n) is 4.73. The van der Waals surface area contributed by atoms with Crippen LogP contribution in [0.3, 0.4) is 0 Å². The molecule has 0 saturated carbocycles. The van der Waals surface area contributed by atoms with E-state index in [0.717, 1.165) is 0 Å². The van der Waals surface area contributed by atoms with E-state index in [1.165, 1.54) is 4.31 Å². The first-order valence-corrected chi connectivity index (χ1v) is 8.04. The number of piperazine rings is 1. The smallest absolute Gasteiger partial charge is 0.214 e. The number of nitrogens with zero attached hydrogens (tertiary/aromatic N) is 2. The molecule has 0 radical (unpaired) electrons. The molecule has 112 valence electrons. The number of nitrogens with two attached hydrogens (primary N) is 1. The largest absolute Gasteiger partial charge is 0.386 e. The Balaban J connectivity index is 2.46. The first-order valence-electron chi connectivity index (χ1n) is 6.43. The van der Waals surface area contributed by atoms with Crippen molar-refractivity contribution in [3.8, 4) is 0 Å². The first-order chi connectivity index (χ1) is 8.88. The quantitative estimate of drug-likeness (QED) is 0.367. The van der Waals surface area contributed by atoms with E-state index < -0.39 is 10.0 Å². The molecular weight excluding hydrogens is 268 g/mol. The number of hydrogen-bond donors (Lipinski definition) is 2. The molecule has 1 aliphatic heterocycles.